The van der Waals surface area contributed by atoms with Gasteiger partial charge in [0, 0.05) is 37.2 Å². The predicted octanol–water partition coefficient (Wildman–Crippen LogP) is 1.79. The van der Waals surface area contributed by atoms with Crippen LogP contribution in [0.1, 0.15) is 28.9 Å². The van der Waals surface area contributed by atoms with Gasteiger partial charge in [0.15, 0.2) is 0 Å². The largest absolute Gasteiger partial charge is 0.342 e. The van der Waals surface area contributed by atoms with E-state index in [9.17, 15) is 4.79 Å². The molecule has 1 aliphatic rings. The minimum atomic E-state index is 0.266. The molecule has 4 heteroatoms. The van der Waals surface area contributed by atoms with E-state index >= 15 is 0 Å². The fraction of sp³-hybridized carbons (Fsp3) is 0.636. The molecule has 0 fully saturated rings. The number of rotatable bonds is 1. The second-order valence-corrected chi connectivity index (χ2v) is 5.12. The van der Waals surface area contributed by atoms with Crippen LogP contribution < -0.4 is 0 Å². The molecule has 0 atom stereocenters. The van der Waals surface area contributed by atoms with Gasteiger partial charge in [-0.15, -0.1) is 11.3 Å². The molecule has 0 N–H and O–H groups in total. The molecule has 3 nitrogen and oxygen atoms in total. The van der Waals surface area contributed by atoms with Crippen LogP contribution in [0.15, 0.2) is 0 Å². The summed E-state index contributed by atoms with van der Waals surface area (Å²) in [7, 11) is 0. The first-order chi connectivity index (χ1) is 7.20. The number of hydrogen-bond acceptors (Lipinski definition) is 3. The highest BCUT2D eigenvalue weighted by Gasteiger charge is 2.19. The molecule has 2 heterocycles. The van der Waals surface area contributed by atoms with Gasteiger partial charge in [0.2, 0.25) is 5.91 Å². The Kier molecular flexibility index (Phi) is 3.05. The number of nitrogens with zero attached hydrogens (tertiary/aromatic N) is 2. The number of thiazole rings is 1. The molecule has 1 amide bonds. The third-order valence-electron chi connectivity index (χ3n) is 2.77. The zero-order valence-corrected chi connectivity index (χ0v) is 10.1. The molecule has 0 radical (unpaired) electrons. The van der Waals surface area contributed by atoms with Crippen molar-refractivity contribution in [3.8, 4) is 0 Å². The van der Waals surface area contributed by atoms with Crippen LogP contribution in [0.25, 0.3) is 0 Å². The summed E-state index contributed by atoms with van der Waals surface area (Å²) in [5.74, 6) is 0.266. The van der Waals surface area contributed by atoms with Crippen molar-refractivity contribution >= 4 is 17.2 Å². The summed E-state index contributed by atoms with van der Waals surface area (Å²) in [5, 5.41) is 1.15. The third kappa shape index (κ3) is 2.20. The molecule has 1 aromatic rings. The second kappa shape index (κ2) is 4.31. The molecule has 0 aliphatic carbocycles. The van der Waals surface area contributed by atoms with Crippen molar-refractivity contribution in [1.29, 1.82) is 0 Å². The molecule has 0 unspecified atom stereocenters. The highest BCUT2D eigenvalue weighted by molar-refractivity contribution is 7.11. The molecule has 0 spiro atoms. The van der Waals surface area contributed by atoms with Crippen LogP contribution in [0.3, 0.4) is 0 Å². The van der Waals surface area contributed by atoms with Gasteiger partial charge < -0.3 is 4.90 Å². The van der Waals surface area contributed by atoms with E-state index in [0.29, 0.717) is 6.42 Å². The van der Waals surface area contributed by atoms with Gasteiger partial charge in [-0.05, 0) is 6.92 Å². The van der Waals surface area contributed by atoms with Crippen LogP contribution in [-0.4, -0.2) is 28.9 Å². The first-order valence-corrected chi connectivity index (χ1v) is 6.25. The maximum absolute atomic E-state index is 11.6. The zero-order valence-electron chi connectivity index (χ0n) is 9.25. The van der Waals surface area contributed by atoms with Crippen molar-refractivity contribution in [2.75, 3.05) is 13.1 Å². The van der Waals surface area contributed by atoms with Crippen LogP contribution in [0.2, 0.25) is 0 Å². The van der Waals surface area contributed by atoms with Crippen molar-refractivity contribution in [3.63, 3.8) is 0 Å². The summed E-state index contributed by atoms with van der Waals surface area (Å²) in [6.45, 7) is 5.67. The maximum Gasteiger partial charge on any atom is 0.222 e. The number of amides is 1. The van der Waals surface area contributed by atoms with Crippen LogP contribution in [0.5, 0.6) is 0 Å². The van der Waals surface area contributed by atoms with Crippen molar-refractivity contribution in [2.45, 2.75) is 33.1 Å². The summed E-state index contributed by atoms with van der Waals surface area (Å²) in [4.78, 5) is 19.4. The normalized spacial score (nSPS) is 16.0. The molecule has 2 rings (SSSR count). The van der Waals surface area contributed by atoms with Gasteiger partial charge in [0.1, 0.15) is 0 Å². The SMILES string of the molecule is CCC(=O)N1CCc2nc(C)sc2CC1. The highest BCUT2D eigenvalue weighted by Crippen LogP contribution is 2.22. The standard InChI is InChI=1S/C11H16N2OS/c1-3-11(14)13-6-4-9-10(5-7-13)15-8(2)12-9/h3-7H2,1-2H3. The van der Waals surface area contributed by atoms with E-state index in [4.69, 9.17) is 0 Å². The lowest BCUT2D eigenvalue weighted by atomic mass is 10.2. The van der Waals surface area contributed by atoms with Gasteiger partial charge in [0.25, 0.3) is 0 Å². The highest BCUT2D eigenvalue weighted by atomic mass is 32.1. The minimum absolute atomic E-state index is 0.266. The van der Waals surface area contributed by atoms with Gasteiger partial charge in [-0.25, -0.2) is 4.98 Å². The number of aromatic nitrogens is 1. The molecule has 1 aliphatic heterocycles. The Morgan fingerprint density at radius 2 is 2.20 bits per heavy atom. The van der Waals surface area contributed by atoms with Gasteiger partial charge in [-0.2, -0.15) is 0 Å². The second-order valence-electron chi connectivity index (χ2n) is 3.84. The molecule has 15 heavy (non-hydrogen) atoms. The smallest absolute Gasteiger partial charge is 0.222 e. The van der Waals surface area contributed by atoms with Crippen molar-refractivity contribution in [3.05, 3.63) is 15.6 Å². The van der Waals surface area contributed by atoms with E-state index < -0.39 is 0 Å². The number of fused-ring (bicyclic) bond motifs is 1. The van der Waals surface area contributed by atoms with E-state index in [0.717, 1.165) is 30.9 Å². The lowest BCUT2D eigenvalue weighted by Gasteiger charge is -2.19. The van der Waals surface area contributed by atoms with E-state index in [2.05, 4.69) is 4.98 Å². The topological polar surface area (TPSA) is 33.2 Å². The van der Waals surface area contributed by atoms with Crippen LogP contribution in [0.4, 0.5) is 0 Å². The lowest BCUT2D eigenvalue weighted by Crippen LogP contribution is -2.32. The Labute approximate surface area is 94.1 Å². The number of hydrogen-bond donors (Lipinski definition) is 0. The monoisotopic (exact) mass is 224 g/mol. The van der Waals surface area contributed by atoms with Gasteiger partial charge in [-0.3, -0.25) is 4.79 Å². The van der Waals surface area contributed by atoms with Crippen LogP contribution in [0, 0.1) is 6.92 Å². The Balaban J connectivity index is 2.09. The number of carbonyl (C=O) groups excluding carboxylic acids is 1. The van der Waals surface area contributed by atoms with Crippen LogP contribution >= 0.6 is 11.3 Å². The molecule has 0 aromatic carbocycles. The zero-order chi connectivity index (χ0) is 10.8. The first kappa shape index (κ1) is 10.6. The average molecular weight is 224 g/mol. The Hall–Kier alpha value is -0.900. The van der Waals surface area contributed by atoms with Gasteiger partial charge in [-0.1, -0.05) is 6.92 Å². The molecule has 1 aromatic heterocycles. The minimum Gasteiger partial charge on any atom is -0.342 e. The molecule has 0 bridgehead atoms. The summed E-state index contributed by atoms with van der Waals surface area (Å²) in [5.41, 5.74) is 1.21. The lowest BCUT2D eigenvalue weighted by molar-refractivity contribution is -0.130. The summed E-state index contributed by atoms with van der Waals surface area (Å²) in [6.07, 6.45) is 2.51. The molecule has 82 valence electrons. The summed E-state index contributed by atoms with van der Waals surface area (Å²) in [6, 6.07) is 0. The van der Waals surface area contributed by atoms with Gasteiger partial charge in [0.05, 0.1) is 10.7 Å². The Morgan fingerprint density at radius 3 is 2.93 bits per heavy atom. The fourth-order valence-electron chi connectivity index (χ4n) is 1.97. The Morgan fingerprint density at radius 1 is 1.47 bits per heavy atom. The predicted molar refractivity (Wildman–Crippen MR) is 61.1 cm³/mol. The van der Waals surface area contributed by atoms with E-state index in [-0.39, 0.29) is 5.91 Å². The van der Waals surface area contributed by atoms with Crippen molar-refractivity contribution < 1.29 is 4.79 Å². The number of aryl methyl sites for hydroxylation is 1. The summed E-state index contributed by atoms with van der Waals surface area (Å²) < 4.78 is 0. The van der Waals surface area contributed by atoms with Crippen molar-refractivity contribution in [2.24, 2.45) is 0 Å². The molecule has 0 saturated heterocycles. The quantitative estimate of drug-likeness (QED) is 0.728. The van der Waals surface area contributed by atoms with E-state index in [1.54, 1.807) is 11.3 Å². The average Bonchev–Trinajstić information content (AvgIpc) is 2.47. The summed E-state index contributed by atoms with van der Waals surface area (Å²) >= 11 is 1.78. The van der Waals surface area contributed by atoms with Crippen molar-refractivity contribution in [1.82, 2.24) is 9.88 Å². The van der Waals surface area contributed by atoms with Crippen LogP contribution in [-0.2, 0) is 17.6 Å². The number of carbonyl (C=O) groups is 1. The fourth-order valence-corrected chi connectivity index (χ4v) is 2.94. The third-order valence-corrected chi connectivity index (χ3v) is 3.84. The Bertz CT molecular complexity index is 347. The van der Waals surface area contributed by atoms with E-state index in [1.165, 1.54) is 10.6 Å². The molecular formula is C11H16N2OS. The van der Waals surface area contributed by atoms with Gasteiger partial charge >= 0.3 is 0 Å². The maximum atomic E-state index is 11.6. The first-order valence-electron chi connectivity index (χ1n) is 5.43. The van der Waals surface area contributed by atoms with E-state index in [1.807, 2.05) is 18.7 Å². The molecular weight excluding hydrogens is 208 g/mol. The molecule has 0 saturated carbocycles.